The minimum Gasteiger partial charge on any atom is -0.377 e. The number of thioether (sulfide) groups is 1. The van der Waals surface area contributed by atoms with Crippen LogP contribution in [-0.4, -0.2) is 52.7 Å². The number of hydrogen-bond donors (Lipinski definition) is 1. The van der Waals surface area contributed by atoms with Crippen LogP contribution in [0.25, 0.3) is 5.69 Å². The fourth-order valence-electron chi connectivity index (χ4n) is 3.74. The van der Waals surface area contributed by atoms with Gasteiger partial charge in [-0.05, 0) is 43.9 Å². The molecule has 0 aliphatic carbocycles. The summed E-state index contributed by atoms with van der Waals surface area (Å²) in [5, 5.41) is 12.6. The van der Waals surface area contributed by atoms with Crippen molar-refractivity contribution >= 4 is 23.6 Å². The maximum Gasteiger partial charge on any atom is 0.232 e. The molecule has 7 nitrogen and oxygen atoms in total. The number of rotatable bonds is 11. The zero-order chi connectivity index (χ0) is 22.9. The van der Waals surface area contributed by atoms with E-state index in [9.17, 15) is 4.79 Å². The predicted molar refractivity (Wildman–Crippen MR) is 132 cm³/mol. The van der Waals surface area contributed by atoms with Crippen LogP contribution in [0.1, 0.15) is 30.4 Å². The number of carbonyl (C=O) groups excluding carboxylic acids is 1. The Kier molecular flexibility index (Phi) is 8.38. The van der Waals surface area contributed by atoms with Gasteiger partial charge in [-0.25, -0.2) is 0 Å². The summed E-state index contributed by atoms with van der Waals surface area (Å²) in [5.74, 6) is 1.15. The van der Waals surface area contributed by atoms with Gasteiger partial charge in [0, 0.05) is 26.2 Å². The fourth-order valence-corrected chi connectivity index (χ4v) is 4.52. The normalized spacial score (nSPS) is 13.4. The van der Waals surface area contributed by atoms with E-state index in [0.717, 1.165) is 41.9 Å². The number of carbonyl (C=O) groups is 1. The van der Waals surface area contributed by atoms with E-state index in [2.05, 4.69) is 56.2 Å². The van der Waals surface area contributed by atoms with Gasteiger partial charge in [0.15, 0.2) is 5.16 Å². The highest BCUT2D eigenvalue weighted by atomic mass is 32.2. The minimum atomic E-state index is -0.00996. The largest absolute Gasteiger partial charge is 0.377 e. The van der Waals surface area contributed by atoms with Gasteiger partial charge >= 0.3 is 0 Å². The number of nitrogens with zero attached hydrogens (tertiary/aromatic N) is 4. The zero-order valence-electron chi connectivity index (χ0n) is 19.1. The molecule has 1 N–H and O–H groups in total. The number of anilines is 1. The van der Waals surface area contributed by atoms with Gasteiger partial charge < -0.3 is 15.0 Å². The van der Waals surface area contributed by atoms with Crippen LogP contribution in [0.3, 0.4) is 0 Å². The lowest BCUT2D eigenvalue weighted by molar-refractivity contribution is -0.118. The van der Waals surface area contributed by atoms with E-state index in [1.807, 2.05) is 30.3 Å². The molecule has 174 valence electrons. The highest BCUT2D eigenvalue weighted by Crippen LogP contribution is 2.28. The number of hydrogen-bond acceptors (Lipinski definition) is 6. The number of benzene rings is 2. The van der Waals surface area contributed by atoms with Crippen molar-refractivity contribution in [3.8, 4) is 5.69 Å². The van der Waals surface area contributed by atoms with Crippen molar-refractivity contribution < 1.29 is 9.53 Å². The third-order valence-corrected chi connectivity index (χ3v) is 6.46. The summed E-state index contributed by atoms with van der Waals surface area (Å²) in [4.78, 5) is 14.7. The van der Waals surface area contributed by atoms with Crippen LogP contribution in [0.2, 0.25) is 0 Å². The van der Waals surface area contributed by atoms with E-state index in [4.69, 9.17) is 4.74 Å². The lowest BCUT2D eigenvalue weighted by Gasteiger charge is -2.18. The van der Waals surface area contributed by atoms with Crippen LogP contribution >= 0.6 is 11.8 Å². The summed E-state index contributed by atoms with van der Waals surface area (Å²) in [6, 6.07) is 18.4. The molecule has 3 aromatic rings. The second-order valence-electron chi connectivity index (χ2n) is 8.18. The van der Waals surface area contributed by atoms with Gasteiger partial charge in [0.2, 0.25) is 11.9 Å². The lowest BCUT2D eigenvalue weighted by atomic mass is 10.2. The SMILES string of the molecule is Cc1ccc(-n2c(SCC(=O)NCCCOCc3ccccc3)nnc2N2CCCC2)cc1. The summed E-state index contributed by atoms with van der Waals surface area (Å²) in [5.41, 5.74) is 3.38. The van der Waals surface area contributed by atoms with Crippen molar-refractivity contribution in [2.24, 2.45) is 0 Å². The van der Waals surface area contributed by atoms with Crippen LogP contribution < -0.4 is 10.2 Å². The van der Waals surface area contributed by atoms with E-state index >= 15 is 0 Å². The molecular weight excluding hydrogens is 434 g/mol. The van der Waals surface area contributed by atoms with E-state index in [1.54, 1.807) is 0 Å². The molecular formula is C25H31N5O2S. The second kappa shape index (κ2) is 11.9. The molecule has 1 aliphatic heterocycles. The van der Waals surface area contributed by atoms with Gasteiger partial charge in [0.25, 0.3) is 0 Å². The lowest BCUT2D eigenvalue weighted by Crippen LogP contribution is -2.27. The molecule has 0 atom stereocenters. The average molecular weight is 466 g/mol. The van der Waals surface area contributed by atoms with Crippen molar-refractivity contribution in [1.82, 2.24) is 20.1 Å². The molecule has 0 bridgehead atoms. The van der Waals surface area contributed by atoms with Crippen molar-refractivity contribution in [3.05, 3.63) is 65.7 Å². The Bertz CT molecular complexity index is 1020. The van der Waals surface area contributed by atoms with Crippen LogP contribution in [-0.2, 0) is 16.1 Å². The fraction of sp³-hybridized carbons (Fsp3) is 0.400. The van der Waals surface area contributed by atoms with E-state index in [-0.39, 0.29) is 5.91 Å². The Balaban J connectivity index is 1.27. The quantitative estimate of drug-likeness (QED) is 0.341. The third kappa shape index (κ3) is 6.58. The number of amides is 1. The Morgan fingerprint density at radius 1 is 1.06 bits per heavy atom. The van der Waals surface area contributed by atoms with E-state index in [0.29, 0.717) is 25.5 Å². The van der Waals surface area contributed by atoms with Gasteiger partial charge in [-0.1, -0.05) is 59.8 Å². The molecule has 0 spiro atoms. The predicted octanol–water partition coefficient (Wildman–Crippen LogP) is 3.99. The minimum absolute atomic E-state index is 0.00996. The molecule has 4 rings (SSSR count). The molecule has 0 unspecified atom stereocenters. The maximum atomic E-state index is 12.4. The molecule has 1 saturated heterocycles. The number of ether oxygens (including phenoxy) is 1. The number of aromatic nitrogens is 3. The zero-order valence-corrected chi connectivity index (χ0v) is 19.9. The second-order valence-corrected chi connectivity index (χ2v) is 9.12. The third-order valence-electron chi connectivity index (χ3n) is 5.53. The Labute approximate surface area is 199 Å². The van der Waals surface area contributed by atoms with Crippen LogP contribution in [0.4, 0.5) is 5.95 Å². The summed E-state index contributed by atoms with van der Waals surface area (Å²) in [7, 11) is 0. The summed E-state index contributed by atoms with van der Waals surface area (Å²) in [6.07, 6.45) is 3.11. The molecule has 2 aromatic carbocycles. The molecule has 33 heavy (non-hydrogen) atoms. The summed E-state index contributed by atoms with van der Waals surface area (Å²) < 4.78 is 7.74. The first-order chi connectivity index (χ1) is 16.2. The average Bonchev–Trinajstić information content (AvgIpc) is 3.51. The molecule has 1 fully saturated rings. The first-order valence-corrected chi connectivity index (χ1v) is 12.5. The van der Waals surface area contributed by atoms with Crippen molar-refractivity contribution in [1.29, 1.82) is 0 Å². The smallest absolute Gasteiger partial charge is 0.232 e. The first kappa shape index (κ1) is 23.3. The van der Waals surface area contributed by atoms with Crippen molar-refractivity contribution in [2.75, 3.05) is 36.9 Å². The molecule has 0 radical (unpaired) electrons. The highest BCUT2D eigenvalue weighted by molar-refractivity contribution is 7.99. The number of nitrogens with one attached hydrogen (secondary N) is 1. The Morgan fingerprint density at radius 2 is 1.82 bits per heavy atom. The monoisotopic (exact) mass is 465 g/mol. The van der Waals surface area contributed by atoms with Crippen LogP contribution in [0.5, 0.6) is 0 Å². The Hall–Kier alpha value is -2.84. The number of aryl methyl sites for hydroxylation is 1. The van der Waals surface area contributed by atoms with Crippen LogP contribution in [0, 0.1) is 6.92 Å². The van der Waals surface area contributed by atoms with Gasteiger partial charge in [0.05, 0.1) is 18.0 Å². The molecule has 1 aromatic heterocycles. The van der Waals surface area contributed by atoms with E-state index in [1.165, 1.54) is 30.2 Å². The molecule has 2 heterocycles. The topological polar surface area (TPSA) is 72.3 Å². The summed E-state index contributed by atoms with van der Waals surface area (Å²) >= 11 is 1.42. The van der Waals surface area contributed by atoms with Gasteiger partial charge in [0.1, 0.15) is 0 Å². The van der Waals surface area contributed by atoms with Gasteiger partial charge in [-0.15, -0.1) is 10.2 Å². The molecule has 1 aliphatic rings. The molecule has 0 saturated carbocycles. The van der Waals surface area contributed by atoms with Crippen LogP contribution in [0.15, 0.2) is 59.8 Å². The van der Waals surface area contributed by atoms with Gasteiger partial charge in [-0.3, -0.25) is 9.36 Å². The van der Waals surface area contributed by atoms with Gasteiger partial charge in [-0.2, -0.15) is 0 Å². The van der Waals surface area contributed by atoms with Crippen molar-refractivity contribution in [3.63, 3.8) is 0 Å². The highest BCUT2D eigenvalue weighted by Gasteiger charge is 2.22. The molecule has 1 amide bonds. The molecule has 8 heteroatoms. The van der Waals surface area contributed by atoms with E-state index < -0.39 is 0 Å². The Morgan fingerprint density at radius 3 is 2.58 bits per heavy atom. The van der Waals surface area contributed by atoms with Crippen molar-refractivity contribution in [2.45, 2.75) is 37.9 Å². The summed E-state index contributed by atoms with van der Waals surface area (Å²) in [6.45, 7) is 5.85. The standard InChI is InChI=1S/C25H31N5O2S/c1-20-10-12-22(13-11-20)30-24(29-15-5-6-16-29)27-28-25(30)33-19-23(31)26-14-7-17-32-18-21-8-3-2-4-9-21/h2-4,8-13H,5-7,14-19H2,1H3,(H,26,31). The first-order valence-electron chi connectivity index (χ1n) is 11.5. The maximum absolute atomic E-state index is 12.4.